The largest absolute Gasteiger partial charge is 0.449 e. The lowest BCUT2D eigenvalue weighted by atomic mass is 9.90. The molecule has 0 saturated heterocycles. The van der Waals surface area contributed by atoms with Crippen LogP contribution in [0.2, 0.25) is 0 Å². The first-order chi connectivity index (χ1) is 8.41. The topological polar surface area (TPSA) is 46.5 Å². The molecule has 0 amide bonds. The maximum Gasteiger partial charge on any atom is 0.339 e. The number of ether oxygens (including phenoxy) is 1. The first-order valence-electron chi connectivity index (χ1n) is 5.80. The molecule has 0 heterocycles. The zero-order chi connectivity index (χ0) is 13.6. The number of esters is 1. The second kappa shape index (κ2) is 6.23. The van der Waals surface area contributed by atoms with Crippen molar-refractivity contribution in [1.82, 2.24) is 0 Å². The zero-order valence-corrected chi connectivity index (χ0v) is 10.9. The molecule has 0 saturated carbocycles. The first kappa shape index (κ1) is 14.3. The summed E-state index contributed by atoms with van der Waals surface area (Å²) in [6, 6.07) is 8.73. The molecule has 0 radical (unpaired) electrons. The fourth-order valence-corrected chi connectivity index (χ4v) is 1.11. The number of carbonyl (C=O) groups is 1. The van der Waals surface area contributed by atoms with Crippen LogP contribution in [0.5, 0.6) is 0 Å². The van der Waals surface area contributed by atoms with Crippen LogP contribution in [0.15, 0.2) is 30.3 Å². The van der Waals surface area contributed by atoms with Crippen molar-refractivity contribution in [3.8, 4) is 11.8 Å². The van der Waals surface area contributed by atoms with E-state index >= 15 is 0 Å². The van der Waals surface area contributed by atoms with Crippen LogP contribution < -0.4 is 0 Å². The van der Waals surface area contributed by atoms with Gasteiger partial charge in [0.05, 0.1) is 5.56 Å². The molecule has 0 aliphatic heterocycles. The molecule has 1 N–H and O–H groups in total. The Labute approximate surface area is 108 Å². The molecule has 0 fully saturated rings. The highest BCUT2D eigenvalue weighted by Crippen LogP contribution is 2.17. The molecule has 96 valence electrons. The van der Waals surface area contributed by atoms with Crippen LogP contribution in [0.3, 0.4) is 0 Å². The maximum absolute atomic E-state index is 11.5. The van der Waals surface area contributed by atoms with Gasteiger partial charge in [-0.3, -0.25) is 0 Å². The smallest absolute Gasteiger partial charge is 0.339 e. The highest BCUT2D eigenvalue weighted by atomic mass is 16.5. The number of carbonyl (C=O) groups excluding carboxylic acids is 1. The molecule has 0 unspecified atom stereocenters. The minimum atomic E-state index is -0.729. The summed E-state index contributed by atoms with van der Waals surface area (Å²) in [6.45, 7) is 5.66. The number of benzene rings is 1. The van der Waals surface area contributed by atoms with E-state index in [1.807, 2.05) is 26.8 Å². The predicted octanol–water partition coefficient (Wildman–Crippen LogP) is 2.25. The number of hydrogen-bond donors (Lipinski definition) is 1. The van der Waals surface area contributed by atoms with E-state index in [0.29, 0.717) is 5.56 Å². The van der Waals surface area contributed by atoms with E-state index in [1.54, 1.807) is 24.3 Å². The van der Waals surface area contributed by atoms with Gasteiger partial charge >= 0.3 is 5.97 Å². The number of aliphatic hydroxyl groups excluding tert-OH is 1. The number of hydrogen-bond acceptors (Lipinski definition) is 3. The second-order valence-electron chi connectivity index (χ2n) is 5.03. The minimum absolute atomic E-state index is 0.0130. The second-order valence-corrected chi connectivity index (χ2v) is 5.03. The van der Waals surface area contributed by atoms with Crippen LogP contribution in [0.4, 0.5) is 0 Å². The van der Waals surface area contributed by atoms with Gasteiger partial charge in [0.25, 0.3) is 0 Å². The van der Waals surface area contributed by atoms with Crippen molar-refractivity contribution in [2.75, 3.05) is 6.61 Å². The van der Waals surface area contributed by atoms with Crippen molar-refractivity contribution in [1.29, 1.82) is 0 Å². The Hall–Kier alpha value is -1.79. The maximum atomic E-state index is 11.5. The number of rotatable bonds is 2. The highest BCUT2D eigenvalue weighted by Gasteiger charge is 2.19. The van der Waals surface area contributed by atoms with Crippen LogP contribution in [0.25, 0.3) is 0 Å². The lowest BCUT2D eigenvalue weighted by molar-refractivity contribution is 0.0555. The summed E-state index contributed by atoms with van der Waals surface area (Å²) in [5, 5.41) is 9.65. The van der Waals surface area contributed by atoms with Crippen molar-refractivity contribution < 1.29 is 14.6 Å². The van der Waals surface area contributed by atoms with Crippen LogP contribution >= 0.6 is 0 Å². The van der Waals surface area contributed by atoms with E-state index in [9.17, 15) is 9.90 Å². The van der Waals surface area contributed by atoms with Gasteiger partial charge in [-0.2, -0.15) is 0 Å². The molecular weight excluding hydrogens is 228 g/mol. The third kappa shape index (κ3) is 4.60. The van der Waals surface area contributed by atoms with Crippen LogP contribution in [-0.4, -0.2) is 23.8 Å². The van der Waals surface area contributed by atoms with E-state index < -0.39 is 12.1 Å². The van der Waals surface area contributed by atoms with Gasteiger partial charge < -0.3 is 9.84 Å². The van der Waals surface area contributed by atoms with Crippen LogP contribution in [-0.2, 0) is 4.74 Å². The van der Waals surface area contributed by atoms with E-state index in [2.05, 4.69) is 11.8 Å². The molecule has 1 aromatic rings. The lowest BCUT2D eigenvalue weighted by Crippen LogP contribution is -2.24. The van der Waals surface area contributed by atoms with Crippen molar-refractivity contribution in [2.45, 2.75) is 26.9 Å². The Morgan fingerprint density at radius 3 is 2.50 bits per heavy atom. The van der Waals surface area contributed by atoms with Crippen LogP contribution in [0.1, 0.15) is 31.1 Å². The third-order valence-corrected chi connectivity index (χ3v) is 2.34. The van der Waals surface area contributed by atoms with Gasteiger partial charge in [0.15, 0.2) is 6.61 Å². The molecule has 1 rings (SSSR count). The Balaban J connectivity index is 2.44. The summed E-state index contributed by atoms with van der Waals surface area (Å²) < 4.78 is 4.97. The summed E-state index contributed by atoms with van der Waals surface area (Å²) in [4.78, 5) is 11.5. The van der Waals surface area contributed by atoms with Crippen LogP contribution in [0, 0.1) is 17.3 Å². The minimum Gasteiger partial charge on any atom is -0.449 e. The molecule has 3 heteroatoms. The molecule has 0 bridgehead atoms. The standard InChI is InChI=1S/C15H18O3/c1-15(2,3)13(16)10-7-11-18-14(17)12-8-5-4-6-9-12/h4-6,8-9,13,16H,11H2,1-3H3/t13-/m1/s1. The summed E-state index contributed by atoms with van der Waals surface area (Å²) in [5.41, 5.74) is 0.201. The fraction of sp³-hybridized carbons (Fsp3) is 0.400. The zero-order valence-electron chi connectivity index (χ0n) is 10.9. The highest BCUT2D eigenvalue weighted by molar-refractivity contribution is 5.89. The molecule has 18 heavy (non-hydrogen) atoms. The Bertz CT molecular complexity index is 446. The van der Waals surface area contributed by atoms with Gasteiger partial charge in [0.1, 0.15) is 6.10 Å². The van der Waals surface area contributed by atoms with E-state index in [4.69, 9.17) is 4.74 Å². The molecule has 0 spiro atoms. The fourth-order valence-electron chi connectivity index (χ4n) is 1.11. The summed E-state index contributed by atoms with van der Waals surface area (Å²) in [7, 11) is 0. The van der Waals surface area contributed by atoms with Crippen molar-refractivity contribution >= 4 is 5.97 Å². The molecule has 1 aromatic carbocycles. The van der Waals surface area contributed by atoms with Gasteiger partial charge in [-0.15, -0.1) is 0 Å². The summed E-state index contributed by atoms with van der Waals surface area (Å²) in [6.07, 6.45) is -0.729. The van der Waals surface area contributed by atoms with Gasteiger partial charge in [0, 0.05) is 0 Å². The average Bonchev–Trinajstić information content (AvgIpc) is 2.34. The van der Waals surface area contributed by atoms with Gasteiger partial charge in [-0.25, -0.2) is 4.79 Å². The third-order valence-electron chi connectivity index (χ3n) is 2.34. The lowest BCUT2D eigenvalue weighted by Gasteiger charge is -2.20. The van der Waals surface area contributed by atoms with Gasteiger partial charge in [0.2, 0.25) is 0 Å². The van der Waals surface area contributed by atoms with E-state index in [0.717, 1.165) is 0 Å². The SMILES string of the molecule is CC(C)(C)[C@H](O)C#CCOC(=O)c1ccccc1. The van der Waals surface area contributed by atoms with E-state index in [-0.39, 0.29) is 12.0 Å². The Morgan fingerprint density at radius 2 is 1.94 bits per heavy atom. The molecule has 1 atom stereocenters. The Kier molecular flexibility index (Phi) is 4.94. The quantitative estimate of drug-likeness (QED) is 0.643. The van der Waals surface area contributed by atoms with Crippen molar-refractivity contribution in [3.05, 3.63) is 35.9 Å². The van der Waals surface area contributed by atoms with Gasteiger partial charge in [-0.05, 0) is 17.5 Å². The molecular formula is C15H18O3. The molecule has 0 aromatic heterocycles. The van der Waals surface area contributed by atoms with E-state index in [1.165, 1.54) is 0 Å². The number of aliphatic hydroxyl groups is 1. The molecule has 3 nitrogen and oxygen atoms in total. The van der Waals surface area contributed by atoms with Crippen molar-refractivity contribution in [2.24, 2.45) is 5.41 Å². The van der Waals surface area contributed by atoms with Gasteiger partial charge in [-0.1, -0.05) is 50.8 Å². The Morgan fingerprint density at radius 1 is 1.33 bits per heavy atom. The monoisotopic (exact) mass is 246 g/mol. The first-order valence-corrected chi connectivity index (χ1v) is 5.80. The normalized spacial score (nSPS) is 12.2. The summed E-state index contributed by atoms with van der Waals surface area (Å²) >= 11 is 0. The predicted molar refractivity (Wildman–Crippen MR) is 70.0 cm³/mol. The summed E-state index contributed by atoms with van der Waals surface area (Å²) in [5.74, 6) is 4.90. The average molecular weight is 246 g/mol. The molecule has 0 aliphatic carbocycles. The molecule has 0 aliphatic rings. The van der Waals surface area contributed by atoms with Crippen molar-refractivity contribution in [3.63, 3.8) is 0 Å².